The van der Waals surface area contributed by atoms with Crippen molar-refractivity contribution in [3.05, 3.63) is 29.8 Å². The minimum atomic E-state index is -0.298. The molecule has 0 atom stereocenters. The van der Waals surface area contributed by atoms with E-state index in [9.17, 15) is 0 Å². The maximum atomic E-state index is 6.16. The Morgan fingerprint density at radius 2 is 1.71 bits per heavy atom. The lowest BCUT2D eigenvalue weighted by atomic mass is 9.76. The second-order valence-electron chi connectivity index (χ2n) is 6.33. The summed E-state index contributed by atoms with van der Waals surface area (Å²) in [6, 6.07) is 8.37. The molecule has 0 saturated carbocycles. The monoisotopic (exact) mass is 308 g/mol. The van der Waals surface area contributed by atoms with E-state index < -0.39 is 0 Å². The highest BCUT2D eigenvalue weighted by Gasteiger charge is 2.52. The lowest BCUT2D eigenvalue weighted by Gasteiger charge is -2.32. The Kier molecular flexibility index (Phi) is 5.41. The highest BCUT2D eigenvalue weighted by atomic mass is 32.2. The van der Waals surface area contributed by atoms with E-state index in [0.29, 0.717) is 0 Å². The van der Waals surface area contributed by atoms with Gasteiger partial charge in [-0.15, -0.1) is 0 Å². The molecule has 3 nitrogen and oxygen atoms in total. The predicted octanol–water partition coefficient (Wildman–Crippen LogP) is 2.87. The normalized spacial score (nSPS) is 20.0. The van der Waals surface area contributed by atoms with Gasteiger partial charge < -0.3 is 14.0 Å². The quantitative estimate of drug-likeness (QED) is 0.597. The molecule has 1 aliphatic rings. The molecule has 0 aliphatic carbocycles. The Bertz CT molecular complexity index is 460. The number of rotatable bonds is 6. The molecule has 1 fully saturated rings. The van der Waals surface area contributed by atoms with E-state index >= 15 is 0 Å². The van der Waals surface area contributed by atoms with Crippen LogP contribution < -0.4 is 5.46 Å². The first-order valence-corrected chi connectivity index (χ1v) is 8.53. The van der Waals surface area contributed by atoms with Gasteiger partial charge in [0.25, 0.3) is 0 Å². The van der Waals surface area contributed by atoms with Gasteiger partial charge in [0.05, 0.1) is 17.8 Å². The van der Waals surface area contributed by atoms with Crippen molar-refractivity contribution in [2.75, 3.05) is 19.5 Å². The van der Waals surface area contributed by atoms with Crippen LogP contribution in [0.2, 0.25) is 0 Å². The Labute approximate surface area is 132 Å². The molecule has 5 heteroatoms. The number of hydrogen-bond acceptors (Lipinski definition) is 4. The average Bonchev–Trinajstić information content (AvgIpc) is 2.64. The van der Waals surface area contributed by atoms with E-state index in [4.69, 9.17) is 14.0 Å². The zero-order valence-corrected chi connectivity index (χ0v) is 14.5. The molecule has 1 aliphatic heterocycles. The van der Waals surface area contributed by atoms with Crippen molar-refractivity contribution in [1.82, 2.24) is 0 Å². The van der Waals surface area contributed by atoms with E-state index in [0.717, 1.165) is 23.6 Å². The van der Waals surface area contributed by atoms with Crippen LogP contribution in [0.1, 0.15) is 33.3 Å². The molecule has 0 unspecified atom stereocenters. The fourth-order valence-electron chi connectivity index (χ4n) is 2.19. The summed E-state index contributed by atoms with van der Waals surface area (Å²) in [5, 5.41) is 0. The fourth-order valence-corrected chi connectivity index (χ4v) is 3.10. The van der Waals surface area contributed by atoms with Crippen molar-refractivity contribution in [3.63, 3.8) is 0 Å². The van der Waals surface area contributed by atoms with Crippen LogP contribution in [0.3, 0.4) is 0 Å². The predicted molar refractivity (Wildman–Crippen MR) is 90.2 cm³/mol. The second-order valence-corrected chi connectivity index (χ2v) is 7.44. The van der Waals surface area contributed by atoms with E-state index in [-0.39, 0.29) is 18.3 Å². The van der Waals surface area contributed by atoms with Crippen LogP contribution in [0.4, 0.5) is 0 Å². The lowest BCUT2D eigenvalue weighted by Crippen LogP contribution is -2.41. The van der Waals surface area contributed by atoms with Crippen molar-refractivity contribution >= 4 is 24.3 Å². The summed E-state index contributed by atoms with van der Waals surface area (Å²) in [4.78, 5) is 0. The van der Waals surface area contributed by atoms with Gasteiger partial charge in [-0.25, -0.2) is 0 Å². The first-order valence-electron chi connectivity index (χ1n) is 7.37. The van der Waals surface area contributed by atoms with E-state index in [1.807, 2.05) is 17.8 Å². The van der Waals surface area contributed by atoms with E-state index in [1.54, 1.807) is 7.11 Å². The van der Waals surface area contributed by atoms with Crippen LogP contribution >= 0.6 is 11.8 Å². The molecule has 21 heavy (non-hydrogen) atoms. The van der Waals surface area contributed by atoms with Gasteiger partial charge in [-0.2, -0.15) is 11.8 Å². The van der Waals surface area contributed by atoms with Gasteiger partial charge in [-0.3, -0.25) is 0 Å². The zero-order valence-electron chi connectivity index (χ0n) is 13.6. The third kappa shape index (κ3) is 3.83. The Balaban J connectivity index is 2.10. The van der Waals surface area contributed by atoms with Crippen LogP contribution in [0.25, 0.3) is 0 Å². The number of benzene rings is 1. The topological polar surface area (TPSA) is 27.7 Å². The van der Waals surface area contributed by atoms with Crippen molar-refractivity contribution < 1.29 is 14.0 Å². The standard InChI is InChI=1S/C16H25BO3S/c1-15(2)16(3,4)20-17(19-15)14-9-7-6-8-13(14)12-21-11-10-18-5/h6-9H,10-12H2,1-5H3. The van der Waals surface area contributed by atoms with Crippen molar-refractivity contribution in [1.29, 1.82) is 0 Å². The average molecular weight is 308 g/mol. The summed E-state index contributed by atoms with van der Waals surface area (Å²) in [5.74, 6) is 1.94. The van der Waals surface area contributed by atoms with Crippen LogP contribution in [0.15, 0.2) is 24.3 Å². The molecule has 1 aromatic rings. The summed E-state index contributed by atoms with van der Waals surface area (Å²) in [7, 11) is 1.45. The molecule has 116 valence electrons. The first-order chi connectivity index (χ1) is 9.87. The van der Waals surface area contributed by atoms with Gasteiger partial charge in [0.1, 0.15) is 0 Å². The zero-order chi connectivity index (χ0) is 15.5. The van der Waals surface area contributed by atoms with Gasteiger partial charge in [-0.05, 0) is 38.7 Å². The van der Waals surface area contributed by atoms with Crippen molar-refractivity contribution in [2.45, 2.75) is 44.6 Å². The molecular formula is C16H25BO3S. The first kappa shape index (κ1) is 16.9. The van der Waals surface area contributed by atoms with Gasteiger partial charge in [-0.1, -0.05) is 24.3 Å². The summed E-state index contributed by atoms with van der Waals surface area (Å²) in [5.41, 5.74) is 1.82. The SMILES string of the molecule is COCCSCc1ccccc1B1OC(C)(C)C(C)(C)O1. The molecule has 0 radical (unpaired) electrons. The summed E-state index contributed by atoms with van der Waals surface area (Å²) in [6.07, 6.45) is 0. The van der Waals surface area contributed by atoms with Crippen LogP contribution in [0, 0.1) is 0 Å². The molecule has 0 bridgehead atoms. The molecule has 1 heterocycles. The molecular weight excluding hydrogens is 283 g/mol. The number of ether oxygens (including phenoxy) is 1. The minimum absolute atomic E-state index is 0.283. The molecule has 2 rings (SSSR count). The van der Waals surface area contributed by atoms with Gasteiger partial charge in [0, 0.05) is 18.6 Å². The van der Waals surface area contributed by atoms with E-state index in [2.05, 4.69) is 45.9 Å². The Hall–Kier alpha value is -0.485. The summed E-state index contributed by atoms with van der Waals surface area (Å²) >= 11 is 1.87. The largest absolute Gasteiger partial charge is 0.495 e. The summed E-state index contributed by atoms with van der Waals surface area (Å²) in [6.45, 7) is 9.13. The van der Waals surface area contributed by atoms with Crippen molar-refractivity contribution in [2.24, 2.45) is 0 Å². The molecule has 0 amide bonds. The molecule has 1 aromatic carbocycles. The van der Waals surface area contributed by atoms with Gasteiger partial charge >= 0.3 is 7.12 Å². The lowest BCUT2D eigenvalue weighted by molar-refractivity contribution is 0.00578. The maximum absolute atomic E-state index is 6.16. The van der Waals surface area contributed by atoms with Crippen LogP contribution in [0.5, 0.6) is 0 Å². The van der Waals surface area contributed by atoms with Gasteiger partial charge in [0.15, 0.2) is 0 Å². The fraction of sp³-hybridized carbons (Fsp3) is 0.625. The smallest absolute Gasteiger partial charge is 0.399 e. The second kappa shape index (κ2) is 6.74. The van der Waals surface area contributed by atoms with Crippen LogP contribution in [-0.4, -0.2) is 37.8 Å². The Morgan fingerprint density at radius 3 is 2.33 bits per heavy atom. The van der Waals surface area contributed by atoms with Crippen molar-refractivity contribution in [3.8, 4) is 0 Å². The van der Waals surface area contributed by atoms with Gasteiger partial charge in [0.2, 0.25) is 0 Å². The molecule has 1 saturated heterocycles. The highest BCUT2D eigenvalue weighted by molar-refractivity contribution is 7.98. The Morgan fingerprint density at radius 1 is 1.10 bits per heavy atom. The molecule has 0 spiro atoms. The molecule has 0 N–H and O–H groups in total. The third-order valence-electron chi connectivity index (χ3n) is 4.25. The number of hydrogen-bond donors (Lipinski definition) is 0. The summed E-state index contributed by atoms with van der Waals surface area (Å²) < 4.78 is 17.4. The minimum Gasteiger partial charge on any atom is -0.399 e. The van der Waals surface area contributed by atoms with Crippen LogP contribution in [-0.2, 0) is 19.8 Å². The third-order valence-corrected chi connectivity index (χ3v) is 5.22. The van der Waals surface area contributed by atoms with E-state index in [1.165, 1.54) is 5.56 Å². The maximum Gasteiger partial charge on any atom is 0.495 e. The highest BCUT2D eigenvalue weighted by Crippen LogP contribution is 2.36. The number of thioether (sulfide) groups is 1. The molecule has 0 aromatic heterocycles. The number of methoxy groups -OCH3 is 1.